The van der Waals surface area contributed by atoms with Crippen molar-refractivity contribution in [1.82, 2.24) is 0 Å². The number of esters is 1. The van der Waals surface area contributed by atoms with E-state index in [1.165, 1.54) is 0 Å². The molecule has 0 N–H and O–H groups in total. The topological polar surface area (TPSA) is 140 Å². The number of halogens is 8. The van der Waals surface area contributed by atoms with E-state index >= 15 is 0 Å². The fourth-order valence-electron chi connectivity index (χ4n) is 2.88. The van der Waals surface area contributed by atoms with E-state index in [1.54, 1.807) is 0 Å². The van der Waals surface area contributed by atoms with Crippen LogP contribution < -0.4 is 4.74 Å². The maximum Gasteiger partial charge on any atom is 0.430 e. The van der Waals surface area contributed by atoms with Gasteiger partial charge in [-0.05, 0) is 30.2 Å². The molecule has 0 fully saturated rings. The third kappa shape index (κ3) is 7.21. The highest BCUT2D eigenvalue weighted by Crippen LogP contribution is 3.02. The SMILES string of the molecule is CCc1cc(S(F)(F)(F)(F)F)cc2c1O[C@H](C(F)(F)F)C(C(=O)OC(CO[N+](=O)[O-])CO[N+](=O)[O-])=C2. The number of alkyl halides is 3. The first kappa shape index (κ1) is 28.7. The van der Waals surface area contributed by atoms with E-state index < -0.39 is 91.7 Å². The Labute approximate surface area is 194 Å². The molecule has 1 atom stereocenters. The summed E-state index contributed by atoms with van der Waals surface area (Å²) in [6.45, 7) is -1.34. The third-order valence-electron chi connectivity index (χ3n) is 4.36. The number of aryl methyl sites for hydroxylation is 1. The maximum absolute atomic E-state index is 13.6. The number of rotatable bonds is 10. The number of benzene rings is 1. The molecule has 0 aromatic heterocycles. The summed E-state index contributed by atoms with van der Waals surface area (Å²) < 4.78 is 117. The highest BCUT2D eigenvalue weighted by Gasteiger charge is 2.66. The lowest BCUT2D eigenvalue weighted by Gasteiger charge is -2.41. The summed E-state index contributed by atoms with van der Waals surface area (Å²) in [5.41, 5.74) is -3.18. The molecule has 0 amide bonds. The Balaban J connectivity index is 2.58. The summed E-state index contributed by atoms with van der Waals surface area (Å²) in [6.07, 6.45) is -10.9. The van der Waals surface area contributed by atoms with Crippen LogP contribution in [0.15, 0.2) is 22.6 Å². The molecule has 1 heterocycles. The van der Waals surface area contributed by atoms with Gasteiger partial charge in [-0.1, -0.05) is 26.4 Å². The number of carbonyl (C=O) groups excluding carboxylic acids is 1. The van der Waals surface area contributed by atoms with Crippen molar-refractivity contribution in [2.24, 2.45) is 0 Å². The van der Waals surface area contributed by atoms with Gasteiger partial charge < -0.3 is 19.1 Å². The van der Waals surface area contributed by atoms with Crippen LogP contribution in [0.5, 0.6) is 5.75 Å². The molecule has 204 valence electrons. The molecule has 1 aromatic rings. The maximum atomic E-state index is 13.6. The van der Waals surface area contributed by atoms with E-state index in [9.17, 15) is 57.6 Å². The average molecular weight is 562 g/mol. The summed E-state index contributed by atoms with van der Waals surface area (Å²) in [4.78, 5) is 38.3. The molecule has 0 bridgehead atoms. The van der Waals surface area contributed by atoms with Crippen molar-refractivity contribution >= 4 is 22.3 Å². The van der Waals surface area contributed by atoms with E-state index in [0.29, 0.717) is 0 Å². The standard InChI is InChI=1S/C16H14F8N2O9S/c1-2-8-3-11(36(20,21,22,23)24)4-9-5-12(14(16(17,18)19)35-13(8)9)15(27)34-10(6-32-25(28)29)7-33-26(30)31/h3-5,10,14H,2,6-7H2,1H3/t14-/m0/s1. The number of carbonyl (C=O) groups is 1. The van der Waals surface area contributed by atoms with E-state index in [0.717, 1.165) is 6.92 Å². The molecule has 2 rings (SSSR count). The van der Waals surface area contributed by atoms with Crippen LogP contribution in [0.25, 0.3) is 6.08 Å². The molecular formula is C16H14F8N2O9S. The van der Waals surface area contributed by atoms with E-state index in [2.05, 4.69) is 14.4 Å². The Kier molecular flexibility index (Phi) is 7.02. The van der Waals surface area contributed by atoms with Gasteiger partial charge in [-0.25, -0.2) is 4.79 Å². The Morgan fingerprint density at radius 1 is 1.08 bits per heavy atom. The highest BCUT2D eigenvalue weighted by atomic mass is 32.5. The minimum absolute atomic E-state index is 0.0646. The molecule has 36 heavy (non-hydrogen) atoms. The smallest absolute Gasteiger partial charge is 0.430 e. The number of ether oxygens (including phenoxy) is 2. The van der Waals surface area contributed by atoms with E-state index in [-0.39, 0.29) is 18.2 Å². The summed E-state index contributed by atoms with van der Waals surface area (Å²) in [5.74, 6) is -2.87. The van der Waals surface area contributed by atoms with Gasteiger partial charge in [0.1, 0.15) is 30.0 Å². The molecular weight excluding hydrogens is 548 g/mol. The minimum atomic E-state index is -10.3. The van der Waals surface area contributed by atoms with Crippen LogP contribution in [0.3, 0.4) is 0 Å². The predicted octanol–water partition coefficient (Wildman–Crippen LogP) is 4.94. The van der Waals surface area contributed by atoms with Gasteiger partial charge in [0.25, 0.3) is 10.2 Å². The monoisotopic (exact) mass is 562 g/mol. The van der Waals surface area contributed by atoms with Crippen LogP contribution in [0, 0.1) is 20.2 Å². The average Bonchev–Trinajstić information content (AvgIpc) is 2.71. The van der Waals surface area contributed by atoms with Crippen molar-refractivity contribution in [1.29, 1.82) is 0 Å². The molecule has 0 spiro atoms. The molecule has 0 saturated carbocycles. The molecule has 0 unspecified atom stereocenters. The molecule has 1 aliphatic rings. The zero-order valence-electron chi connectivity index (χ0n) is 17.5. The Bertz CT molecular complexity index is 1090. The lowest BCUT2D eigenvalue weighted by molar-refractivity contribution is -0.768. The number of fused-ring (bicyclic) bond motifs is 1. The molecule has 11 nitrogen and oxygen atoms in total. The van der Waals surface area contributed by atoms with Gasteiger partial charge in [0.2, 0.25) is 6.10 Å². The van der Waals surface area contributed by atoms with Gasteiger partial charge >= 0.3 is 22.4 Å². The van der Waals surface area contributed by atoms with Crippen molar-refractivity contribution in [3.8, 4) is 5.75 Å². The zero-order chi connectivity index (χ0) is 27.8. The molecule has 1 aromatic carbocycles. The van der Waals surface area contributed by atoms with Crippen molar-refractivity contribution in [3.63, 3.8) is 0 Å². The fourth-order valence-corrected chi connectivity index (χ4v) is 3.59. The second-order valence-electron chi connectivity index (χ2n) is 7.03. The first-order chi connectivity index (χ1) is 16.1. The van der Waals surface area contributed by atoms with Gasteiger partial charge in [0.05, 0.1) is 5.57 Å². The quantitative estimate of drug-likeness (QED) is 0.168. The van der Waals surface area contributed by atoms with Crippen LogP contribution in [0.4, 0.5) is 32.6 Å². The van der Waals surface area contributed by atoms with Gasteiger partial charge in [-0.2, -0.15) is 13.2 Å². The Morgan fingerprint density at radius 2 is 1.61 bits per heavy atom. The number of hydrogen-bond acceptors (Lipinski definition) is 9. The summed E-state index contributed by atoms with van der Waals surface area (Å²) in [6, 6.07) is -0.274. The Hall–Kier alpha value is -3.58. The molecule has 20 heteroatoms. The van der Waals surface area contributed by atoms with Crippen LogP contribution in [-0.4, -0.2) is 47.7 Å². The fraction of sp³-hybridized carbons (Fsp3) is 0.438. The van der Waals surface area contributed by atoms with Crippen molar-refractivity contribution < 1.29 is 66.7 Å². The van der Waals surface area contributed by atoms with Crippen LogP contribution in [0.2, 0.25) is 0 Å². The Morgan fingerprint density at radius 3 is 2.03 bits per heavy atom. The lowest BCUT2D eigenvalue weighted by atomic mass is 9.98. The molecule has 0 aliphatic carbocycles. The van der Waals surface area contributed by atoms with Gasteiger partial charge in [-0.15, -0.1) is 20.2 Å². The van der Waals surface area contributed by atoms with Crippen molar-refractivity contribution in [3.05, 3.63) is 49.1 Å². The van der Waals surface area contributed by atoms with Crippen LogP contribution in [0.1, 0.15) is 18.1 Å². The summed E-state index contributed by atoms with van der Waals surface area (Å²) in [5, 5.41) is 17.8. The van der Waals surface area contributed by atoms with E-state index in [1.807, 2.05) is 0 Å². The second-order valence-corrected chi connectivity index (χ2v) is 9.44. The van der Waals surface area contributed by atoms with Crippen molar-refractivity contribution in [2.45, 2.75) is 36.6 Å². The van der Waals surface area contributed by atoms with Gasteiger partial charge in [0, 0.05) is 5.56 Å². The first-order valence-corrected chi connectivity index (χ1v) is 11.2. The van der Waals surface area contributed by atoms with Crippen molar-refractivity contribution in [2.75, 3.05) is 13.2 Å². The van der Waals surface area contributed by atoms with Crippen LogP contribution >= 0.6 is 10.2 Å². The largest absolute Gasteiger partial charge is 0.475 e. The van der Waals surface area contributed by atoms with Crippen LogP contribution in [-0.2, 0) is 25.6 Å². The molecule has 1 aliphatic heterocycles. The minimum Gasteiger partial charge on any atom is -0.475 e. The molecule has 0 saturated heterocycles. The zero-order valence-corrected chi connectivity index (χ0v) is 18.3. The molecule has 0 radical (unpaired) electrons. The number of hydrogen-bond donors (Lipinski definition) is 0. The second kappa shape index (κ2) is 8.82. The van der Waals surface area contributed by atoms with E-state index in [4.69, 9.17) is 4.74 Å². The lowest BCUT2D eigenvalue weighted by Crippen LogP contribution is -2.42. The van der Waals surface area contributed by atoms with Gasteiger partial charge in [-0.3, -0.25) is 0 Å². The third-order valence-corrected chi connectivity index (χ3v) is 5.49. The normalized spacial score (nSPS) is 17.6. The van der Waals surface area contributed by atoms with Gasteiger partial charge in [0.15, 0.2) is 0 Å². The first-order valence-electron chi connectivity index (χ1n) is 9.24. The highest BCUT2D eigenvalue weighted by molar-refractivity contribution is 8.45. The summed E-state index contributed by atoms with van der Waals surface area (Å²) in [7, 11) is -10.3. The predicted molar refractivity (Wildman–Crippen MR) is 101 cm³/mol. The summed E-state index contributed by atoms with van der Waals surface area (Å²) >= 11 is 0. The number of nitrogens with zero attached hydrogens (tertiary/aromatic N) is 2.